The number of benzene rings is 1. The molecular weight excluding hydrogens is 246 g/mol. The SMILES string of the molecule is CCC1CC1NCc1ccc(F)cc1C(F)(F)F. The lowest BCUT2D eigenvalue weighted by Crippen LogP contribution is -2.20. The third-order valence-electron chi connectivity index (χ3n) is 3.38. The third-order valence-corrected chi connectivity index (χ3v) is 3.38. The molecule has 1 aliphatic rings. The standard InChI is InChI=1S/C13H15F4N/c1-2-8-5-12(8)18-7-9-3-4-10(14)6-11(9)13(15,16)17/h3-4,6,8,12,18H,2,5,7H2,1H3. The van der Waals surface area contributed by atoms with Crippen molar-refractivity contribution < 1.29 is 17.6 Å². The van der Waals surface area contributed by atoms with Crippen molar-refractivity contribution in [2.45, 2.75) is 38.5 Å². The first-order valence-electron chi connectivity index (χ1n) is 6.00. The van der Waals surface area contributed by atoms with Gasteiger partial charge in [-0.05, 0) is 30.0 Å². The van der Waals surface area contributed by atoms with E-state index in [0.717, 1.165) is 18.9 Å². The zero-order valence-electron chi connectivity index (χ0n) is 10.0. The van der Waals surface area contributed by atoms with E-state index in [1.165, 1.54) is 6.07 Å². The van der Waals surface area contributed by atoms with E-state index in [1.54, 1.807) is 0 Å². The number of nitrogens with one attached hydrogen (secondary N) is 1. The van der Waals surface area contributed by atoms with Crippen molar-refractivity contribution in [1.82, 2.24) is 5.32 Å². The Hall–Kier alpha value is -1.10. The Morgan fingerprint density at radius 1 is 1.33 bits per heavy atom. The fourth-order valence-electron chi connectivity index (χ4n) is 2.16. The topological polar surface area (TPSA) is 12.0 Å². The van der Waals surface area contributed by atoms with Crippen LogP contribution in [-0.2, 0) is 12.7 Å². The minimum atomic E-state index is -4.51. The van der Waals surface area contributed by atoms with Gasteiger partial charge in [-0.15, -0.1) is 0 Å². The molecule has 5 heteroatoms. The predicted molar refractivity (Wildman–Crippen MR) is 60.4 cm³/mol. The molecule has 0 aromatic heterocycles. The van der Waals surface area contributed by atoms with Crippen molar-refractivity contribution >= 4 is 0 Å². The molecule has 2 atom stereocenters. The van der Waals surface area contributed by atoms with Crippen molar-refractivity contribution in [2.75, 3.05) is 0 Å². The Morgan fingerprint density at radius 2 is 2.06 bits per heavy atom. The lowest BCUT2D eigenvalue weighted by molar-refractivity contribution is -0.138. The zero-order valence-corrected chi connectivity index (χ0v) is 10.0. The molecule has 0 amide bonds. The maximum atomic E-state index is 12.9. The molecule has 100 valence electrons. The van der Waals surface area contributed by atoms with Crippen LogP contribution in [0.5, 0.6) is 0 Å². The number of halogens is 4. The van der Waals surface area contributed by atoms with E-state index in [4.69, 9.17) is 0 Å². The van der Waals surface area contributed by atoms with E-state index in [-0.39, 0.29) is 12.1 Å². The molecule has 1 aromatic carbocycles. The van der Waals surface area contributed by atoms with E-state index in [1.807, 2.05) is 0 Å². The van der Waals surface area contributed by atoms with Gasteiger partial charge >= 0.3 is 6.18 Å². The number of hydrogen-bond donors (Lipinski definition) is 1. The van der Waals surface area contributed by atoms with Crippen molar-refractivity contribution in [3.05, 3.63) is 35.1 Å². The summed E-state index contributed by atoms with van der Waals surface area (Å²) in [6.07, 6.45) is -2.46. The highest BCUT2D eigenvalue weighted by Gasteiger charge is 2.36. The minimum Gasteiger partial charge on any atom is -0.310 e. The van der Waals surface area contributed by atoms with E-state index >= 15 is 0 Å². The number of hydrogen-bond acceptors (Lipinski definition) is 1. The fraction of sp³-hybridized carbons (Fsp3) is 0.538. The third kappa shape index (κ3) is 3.02. The molecule has 0 radical (unpaired) electrons. The van der Waals surface area contributed by atoms with Gasteiger partial charge < -0.3 is 5.32 Å². The van der Waals surface area contributed by atoms with E-state index in [2.05, 4.69) is 12.2 Å². The van der Waals surface area contributed by atoms with Gasteiger partial charge in [-0.3, -0.25) is 0 Å². The smallest absolute Gasteiger partial charge is 0.310 e. The summed E-state index contributed by atoms with van der Waals surface area (Å²) < 4.78 is 51.0. The molecule has 2 unspecified atom stereocenters. The summed E-state index contributed by atoms with van der Waals surface area (Å²) in [5, 5.41) is 3.08. The van der Waals surface area contributed by atoms with Crippen LogP contribution in [0.3, 0.4) is 0 Å². The molecule has 1 fully saturated rings. The molecular formula is C13H15F4N. The molecule has 18 heavy (non-hydrogen) atoms. The van der Waals surface area contributed by atoms with Gasteiger partial charge in [0.05, 0.1) is 5.56 Å². The summed E-state index contributed by atoms with van der Waals surface area (Å²) in [5.41, 5.74) is -0.783. The van der Waals surface area contributed by atoms with Crippen LogP contribution in [0.15, 0.2) is 18.2 Å². The Morgan fingerprint density at radius 3 is 2.61 bits per heavy atom. The molecule has 1 aliphatic carbocycles. The van der Waals surface area contributed by atoms with Gasteiger partial charge in [0.15, 0.2) is 0 Å². The highest BCUT2D eigenvalue weighted by molar-refractivity contribution is 5.30. The maximum absolute atomic E-state index is 12.9. The molecule has 0 aliphatic heterocycles. The van der Waals surface area contributed by atoms with Gasteiger partial charge in [-0.2, -0.15) is 13.2 Å². The first-order chi connectivity index (χ1) is 8.41. The summed E-state index contributed by atoms with van der Waals surface area (Å²) in [4.78, 5) is 0. The van der Waals surface area contributed by atoms with Crippen LogP contribution in [0, 0.1) is 11.7 Å². The average Bonchev–Trinajstić information content (AvgIpc) is 3.05. The van der Waals surface area contributed by atoms with Crippen molar-refractivity contribution in [1.29, 1.82) is 0 Å². The second-order valence-electron chi connectivity index (χ2n) is 4.69. The normalized spacial score (nSPS) is 23.2. The van der Waals surface area contributed by atoms with Crippen LogP contribution in [0.25, 0.3) is 0 Å². The first-order valence-corrected chi connectivity index (χ1v) is 6.00. The Bertz CT molecular complexity index is 427. The summed E-state index contributed by atoms with van der Waals surface area (Å²) in [5.74, 6) is -0.288. The quantitative estimate of drug-likeness (QED) is 0.814. The van der Waals surface area contributed by atoms with Crippen molar-refractivity contribution in [3.8, 4) is 0 Å². The van der Waals surface area contributed by atoms with E-state index in [9.17, 15) is 17.6 Å². The highest BCUT2D eigenvalue weighted by Crippen LogP contribution is 2.35. The summed E-state index contributed by atoms with van der Waals surface area (Å²) in [6.45, 7) is 2.20. The second kappa shape index (κ2) is 4.88. The minimum absolute atomic E-state index is 0.102. The van der Waals surface area contributed by atoms with Crippen LogP contribution < -0.4 is 5.32 Å². The Labute approximate surface area is 103 Å². The van der Waals surface area contributed by atoms with Crippen molar-refractivity contribution in [2.24, 2.45) is 5.92 Å². The second-order valence-corrected chi connectivity index (χ2v) is 4.69. The van der Waals surface area contributed by atoms with Crippen LogP contribution >= 0.6 is 0 Å². The van der Waals surface area contributed by atoms with Crippen LogP contribution in [0.4, 0.5) is 17.6 Å². The van der Waals surface area contributed by atoms with Crippen LogP contribution in [0.2, 0.25) is 0 Å². The van der Waals surface area contributed by atoms with E-state index < -0.39 is 17.6 Å². The van der Waals surface area contributed by atoms with Gasteiger partial charge in [0, 0.05) is 12.6 Å². The lowest BCUT2D eigenvalue weighted by atomic mass is 10.1. The maximum Gasteiger partial charge on any atom is 0.416 e. The van der Waals surface area contributed by atoms with E-state index in [0.29, 0.717) is 18.0 Å². The summed E-state index contributed by atoms with van der Waals surface area (Å²) in [6, 6.07) is 3.13. The summed E-state index contributed by atoms with van der Waals surface area (Å²) in [7, 11) is 0. The molecule has 1 aromatic rings. The number of alkyl halides is 3. The summed E-state index contributed by atoms with van der Waals surface area (Å²) >= 11 is 0. The Balaban J connectivity index is 2.08. The molecule has 1 N–H and O–H groups in total. The zero-order chi connectivity index (χ0) is 13.3. The molecule has 0 heterocycles. The molecule has 0 spiro atoms. The predicted octanol–water partition coefficient (Wildman–Crippen LogP) is 3.73. The van der Waals surface area contributed by atoms with Crippen LogP contribution in [0.1, 0.15) is 30.9 Å². The molecule has 1 saturated carbocycles. The van der Waals surface area contributed by atoms with Gasteiger partial charge in [0.25, 0.3) is 0 Å². The molecule has 0 saturated heterocycles. The monoisotopic (exact) mass is 261 g/mol. The highest BCUT2D eigenvalue weighted by atomic mass is 19.4. The average molecular weight is 261 g/mol. The number of rotatable bonds is 4. The molecule has 0 bridgehead atoms. The van der Waals surface area contributed by atoms with Gasteiger partial charge in [-0.1, -0.05) is 19.4 Å². The molecule has 1 nitrogen and oxygen atoms in total. The van der Waals surface area contributed by atoms with Crippen molar-refractivity contribution in [3.63, 3.8) is 0 Å². The Kier molecular flexibility index (Phi) is 3.61. The largest absolute Gasteiger partial charge is 0.416 e. The van der Waals surface area contributed by atoms with Crippen LogP contribution in [-0.4, -0.2) is 6.04 Å². The van der Waals surface area contributed by atoms with Gasteiger partial charge in [0.2, 0.25) is 0 Å². The fourth-order valence-corrected chi connectivity index (χ4v) is 2.16. The van der Waals surface area contributed by atoms with Gasteiger partial charge in [0.1, 0.15) is 5.82 Å². The molecule has 2 rings (SSSR count). The van der Waals surface area contributed by atoms with Gasteiger partial charge in [-0.25, -0.2) is 4.39 Å². The first kappa shape index (κ1) is 13.3. The lowest BCUT2D eigenvalue weighted by Gasteiger charge is -2.13.